The van der Waals surface area contributed by atoms with Crippen LogP contribution in [-0.2, 0) is 0 Å². The zero-order valence-corrected chi connectivity index (χ0v) is 8.91. The number of benzene rings is 2. The Hall–Kier alpha value is -2.03. The average molecular weight is 217 g/mol. The summed E-state index contributed by atoms with van der Waals surface area (Å²) in [4.78, 5) is 0. The summed E-state index contributed by atoms with van der Waals surface area (Å²) in [7, 11) is 1.44. The first-order valence-corrected chi connectivity index (χ1v) is 4.91. The van der Waals surface area contributed by atoms with E-state index in [1.54, 1.807) is 18.2 Å². The average Bonchev–Trinajstić information content (AvgIpc) is 2.29. The van der Waals surface area contributed by atoms with E-state index in [1.807, 2.05) is 18.2 Å². The van der Waals surface area contributed by atoms with Crippen molar-refractivity contribution < 1.29 is 9.13 Å². The van der Waals surface area contributed by atoms with Crippen molar-refractivity contribution in [1.82, 2.24) is 0 Å². The van der Waals surface area contributed by atoms with Crippen LogP contribution in [0.4, 0.5) is 10.1 Å². The first-order chi connectivity index (χ1) is 7.72. The maximum Gasteiger partial charge on any atom is 0.165 e. The van der Waals surface area contributed by atoms with Crippen LogP contribution in [0.5, 0.6) is 5.75 Å². The first-order valence-electron chi connectivity index (χ1n) is 4.91. The number of ether oxygens (including phenoxy) is 1. The summed E-state index contributed by atoms with van der Waals surface area (Å²) >= 11 is 0. The van der Waals surface area contributed by atoms with Gasteiger partial charge in [-0.2, -0.15) is 0 Å². The van der Waals surface area contributed by atoms with Gasteiger partial charge in [0.1, 0.15) is 0 Å². The van der Waals surface area contributed by atoms with Gasteiger partial charge in [-0.05, 0) is 23.8 Å². The highest BCUT2D eigenvalue weighted by Gasteiger charge is 2.06. The number of nitrogens with two attached hydrogens (primary N) is 1. The molecule has 2 nitrogen and oxygen atoms in total. The Kier molecular flexibility index (Phi) is 2.77. The van der Waals surface area contributed by atoms with Crippen LogP contribution >= 0.6 is 0 Å². The van der Waals surface area contributed by atoms with Gasteiger partial charge in [0.15, 0.2) is 11.6 Å². The molecule has 0 amide bonds. The number of nitrogen functional groups attached to an aromatic ring is 1. The molecule has 0 atom stereocenters. The predicted molar refractivity (Wildman–Crippen MR) is 62.8 cm³/mol. The fraction of sp³-hybridized carbons (Fsp3) is 0.0769. The number of anilines is 1. The number of hydrogen-bond donors (Lipinski definition) is 1. The molecular formula is C13H12FNO. The van der Waals surface area contributed by atoms with Gasteiger partial charge in [0.05, 0.1) is 7.11 Å². The molecule has 2 N–H and O–H groups in total. The summed E-state index contributed by atoms with van der Waals surface area (Å²) in [5.41, 5.74) is 8.02. The summed E-state index contributed by atoms with van der Waals surface area (Å²) in [6.07, 6.45) is 0. The summed E-state index contributed by atoms with van der Waals surface area (Å²) < 4.78 is 18.4. The molecule has 0 fully saturated rings. The first kappa shape index (κ1) is 10.5. The molecule has 2 aromatic carbocycles. The topological polar surface area (TPSA) is 35.2 Å². The second kappa shape index (κ2) is 4.23. The van der Waals surface area contributed by atoms with Gasteiger partial charge < -0.3 is 10.5 Å². The molecule has 0 aliphatic rings. The fourth-order valence-electron chi connectivity index (χ4n) is 1.59. The molecule has 0 heterocycles. The lowest BCUT2D eigenvalue weighted by Crippen LogP contribution is -1.92. The highest BCUT2D eigenvalue weighted by molar-refractivity contribution is 5.76. The quantitative estimate of drug-likeness (QED) is 0.784. The van der Waals surface area contributed by atoms with Crippen molar-refractivity contribution in [3.63, 3.8) is 0 Å². The Morgan fingerprint density at radius 3 is 2.50 bits per heavy atom. The predicted octanol–water partition coefficient (Wildman–Crippen LogP) is 3.08. The van der Waals surface area contributed by atoms with Gasteiger partial charge in [0.2, 0.25) is 0 Å². The largest absolute Gasteiger partial charge is 0.494 e. The Bertz CT molecular complexity index is 511. The van der Waals surface area contributed by atoms with E-state index >= 15 is 0 Å². The summed E-state index contributed by atoms with van der Waals surface area (Å²) in [6, 6.07) is 12.2. The molecule has 0 bridgehead atoms. The van der Waals surface area contributed by atoms with Crippen LogP contribution < -0.4 is 10.5 Å². The highest BCUT2D eigenvalue weighted by atomic mass is 19.1. The number of rotatable bonds is 2. The zero-order valence-electron chi connectivity index (χ0n) is 8.91. The molecule has 0 saturated heterocycles. The third-order valence-electron chi connectivity index (χ3n) is 2.42. The molecule has 0 aliphatic carbocycles. The second-order valence-corrected chi connectivity index (χ2v) is 3.44. The van der Waals surface area contributed by atoms with Gasteiger partial charge in [-0.15, -0.1) is 0 Å². The van der Waals surface area contributed by atoms with E-state index in [4.69, 9.17) is 10.5 Å². The van der Waals surface area contributed by atoms with Crippen molar-refractivity contribution in [1.29, 1.82) is 0 Å². The second-order valence-electron chi connectivity index (χ2n) is 3.44. The highest BCUT2D eigenvalue weighted by Crippen LogP contribution is 2.28. The van der Waals surface area contributed by atoms with E-state index in [9.17, 15) is 4.39 Å². The van der Waals surface area contributed by atoms with E-state index in [-0.39, 0.29) is 11.6 Å². The van der Waals surface area contributed by atoms with Crippen LogP contribution in [-0.4, -0.2) is 7.11 Å². The summed E-state index contributed by atoms with van der Waals surface area (Å²) in [6.45, 7) is 0. The zero-order chi connectivity index (χ0) is 11.5. The van der Waals surface area contributed by atoms with Crippen LogP contribution in [0, 0.1) is 5.82 Å². The third kappa shape index (κ3) is 1.84. The van der Waals surface area contributed by atoms with Gasteiger partial charge in [-0.1, -0.05) is 24.3 Å². The van der Waals surface area contributed by atoms with Crippen molar-refractivity contribution in [3.8, 4) is 16.9 Å². The van der Waals surface area contributed by atoms with Crippen LogP contribution in [0.15, 0.2) is 42.5 Å². The van der Waals surface area contributed by atoms with E-state index in [2.05, 4.69) is 0 Å². The minimum atomic E-state index is -0.386. The molecule has 82 valence electrons. The minimum Gasteiger partial charge on any atom is -0.494 e. The Morgan fingerprint density at radius 2 is 1.88 bits per heavy atom. The summed E-state index contributed by atoms with van der Waals surface area (Å²) in [5, 5.41) is 0. The number of para-hydroxylation sites is 1. The minimum absolute atomic E-state index is 0.234. The molecule has 3 heteroatoms. The van der Waals surface area contributed by atoms with Crippen molar-refractivity contribution in [2.24, 2.45) is 0 Å². The molecule has 0 radical (unpaired) electrons. The summed E-state index contributed by atoms with van der Waals surface area (Å²) in [5.74, 6) is -0.151. The van der Waals surface area contributed by atoms with Crippen LogP contribution in [0.1, 0.15) is 0 Å². The molecule has 2 aromatic rings. The molecular weight excluding hydrogens is 205 g/mol. The Labute approximate surface area is 93.5 Å². The molecule has 0 aromatic heterocycles. The van der Waals surface area contributed by atoms with E-state index in [0.29, 0.717) is 5.69 Å². The lowest BCUT2D eigenvalue weighted by molar-refractivity contribution is 0.386. The smallest absolute Gasteiger partial charge is 0.165 e. The maximum absolute atomic E-state index is 13.5. The number of hydrogen-bond acceptors (Lipinski definition) is 2. The van der Waals surface area contributed by atoms with Crippen molar-refractivity contribution in [2.45, 2.75) is 0 Å². The molecule has 16 heavy (non-hydrogen) atoms. The molecule has 0 saturated carbocycles. The third-order valence-corrected chi connectivity index (χ3v) is 2.42. The SMILES string of the molecule is COc1ccc(-c2ccccc2N)cc1F. The van der Waals surface area contributed by atoms with Gasteiger partial charge >= 0.3 is 0 Å². The van der Waals surface area contributed by atoms with E-state index in [0.717, 1.165) is 11.1 Å². The molecule has 0 spiro atoms. The monoisotopic (exact) mass is 217 g/mol. The van der Waals surface area contributed by atoms with Crippen molar-refractivity contribution >= 4 is 5.69 Å². The number of halogens is 1. The standard InChI is InChI=1S/C13H12FNO/c1-16-13-7-6-9(8-11(13)14)10-4-2-3-5-12(10)15/h2-8H,15H2,1H3. The van der Waals surface area contributed by atoms with Crippen molar-refractivity contribution in [2.75, 3.05) is 12.8 Å². The fourth-order valence-corrected chi connectivity index (χ4v) is 1.59. The molecule has 0 unspecified atom stereocenters. The normalized spacial score (nSPS) is 10.1. The molecule has 2 rings (SSSR count). The van der Waals surface area contributed by atoms with Crippen LogP contribution in [0.3, 0.4) is 0 Å². The van der Waals surface area contributed by atoms with Gasteiger partial charge in [0.25, 0.3) is 0 Å². The van der Waals surface area contributed by atoms with Crippen LogP contribution in [0.2, 0.25) is 0 Å². The Balaban J connectivity index is 2.50. The van der Waals surface area contributed by atoms with Gasteiger partial charge in [0, 0.05) is 11.3 Å². The lowest BCUT2D eigenvalue weighted by Gasteiger charge is -2.07. The Morgan fingerprint density at radius 1 is 1.12 bits per heavy atom. The van der Waals surface area contributed by atoms with Crippen LogP contribution in [0.25, 0.3) is 11.1 Å². The van der Waals surface area contributed by atoms with Gasteiger partial charge in [-0.3, -0.25) is 0 Å². The van der Waals surface area contributed by atoms with E-state index < -0.39 is 0 Å². The lowest BCUT2D eigenvalue weighted by atomic mass is 10.0. The van der Waals surface area contributed by atoms with Crippen molar-refractivity contribution in [3.05, 3.63) is 48.3 Å². The van der Waals surface area contributed by atoms with E-state index in [1.165, 1.54) is 13.2 Å². The number of methoxy groups -OCH3 is 1. The molecule has 0 aliphatic heterocycles. The maximum atomic E-state index is 13.5. The van der Waals surface area contributed by atoms with Gasteiger partial charge in [-0.25, -0.2) is 4.39 Å².